The van der Waals surface area contributed by atoms with Gasteiger partial charge in [-0.1, -0.05) is 0 Å². The maximum Gasteiger partial charge on any atom is 0.341 e. The van der Waals surface area contributed by atoms with Crippen molar-refractivity contribution < 1.29 is 23.8 Å². The molecule has 0 aromatic heterocycles. The molecule has 0 amide bonds. The van der Waals surface area contributed by atoms with Gasteiger partial charge in [0.2, 0.25) is 6.08 Å². The zero-order valence-corrected chi connectivity index (χ0v) is 7.44. The number of benzene rings is 1. The molecule has 15 heavy (non-hydrogen) atoms. The normalized spacial score (nSPS) is 9.13. The second-order valence-corrected chi connectivity index (χ2v) is 2.50. The second kappa shape index (κ2) is 4.88. The van der Waals surface area contributed by atoms with E-state index in [0.29, 0.717) is 0 Å². The lowest BCUT2D eigenvalue weighted by molar-refractivity contribution is -0.139. The molecule has 0 aliphatic carbocycles. The molecule has 0 atom stereocenters. The van der Waals surface area contributed by atoms with Gasteiger partial charge in [0.15, 0.2) is 12.4 Å². The van der Waals surface area contributed by atoms with E-state index in [9.17, 15) is 14.0 Å². The molecule has 1 N–H and O–H groups in total. The number of hydrogen-bond donors (Lipinski definition) is 1. The van der Waals surface area contributed by atoms with Gasteiger partial charge in [-0.25, -0.2) is 14.0 Å². The first-order valence-corrected chi connectivity index (χ1v) is 3.85. The number of carboxylic acid groups (broad SMARTS) is 1. The number of isocyanates is 1. The SMILES string of the molecule is O=C=Nc1ccc(OCC(=O)O)cc1F. The van der Waals surface area contributed by atoms with E-state index in [1.54, 1.807) is 0 Å². The third kappa shape index (κ3) is 3.21. The summed E-state index contributed by atoms with van der Waals surface area (Å²) in [6, 6.07) is 3.44. The summed E-state index contributed by atoms with van der Waals surface area (Å²) < 4.78 is 17.8. The number of carbonyl (C=O) groups is 1. The van der Waals surface area contributed by atoms with Crippen LogP contribution in [-0.4, -0.2) is 23.8 Å². The predicted octanol–water partition coefficient (Wildman–Crippen LogP) is 1.26. The number of rotatable bonds is 4. The Morgan fingerprint density at radius 1 is 1.60 bits per heavy atom. The quantitative estimate of drug-likeness (QED) is 0.600. The summed E-state index contributed by atoms with van der Waals surface area (Å²) >= 11 is 0. The number of hydrogen-bond acceptors (Lipinski definition) is 4. The maximum absolute atomic E-state index is 13.1. The van der Waals surface area contributed by atoms with E-state index < -0.39 is 18.4 Å². The number of nitrogens with zero attached hydrogens (tertiary/aromatic N) is 1. The van der Waals surface area contributed by atoms with Crippen LogP contribution < -0.4 is 4.74 Å². The Kier molecular flexibility index (Phi) is 3.54. The molecule has 0 spiro atoms. The van der Waals surface area contributed by atoms with Crippen molar-refractivity contribution in [3.63, 3.8) is 0 Å². The molecule has 78 valence electrons. The zero-order valence-electron chi connectivity index (χ0n) is 7.44. The molecule has 5 nitrogen and oxygen atoms in total. The number of aliphatic carboxylic acids is 1. The molecule has 0 saturated heterocycles. The van der Waals surface area contributed by atoms with Crippen LogP contribution >= 0.6 is 0 Å². The Balaban J connectivity index is 2.81. The minimum absolute atomic E-state index is 0.0553. The maximum atomic E-state index is 13.1. The second-order valence-electron chi connectivity index (χ2n) is 2.50. The molecular formula is C9H6FNO4. The van der Waals surface area contributed by atoms with E-state index in [2.05, 4.69) is 4.99 Å². The number of carboxylic acids is 1. The Bertz CT molecular complexity index is 426. The predicted molar refractivity (Wildman–Crippen MR) is 47.3 cm³/mol. The third-order valence-electron chi connectivity index (χ3n) is 1.45. The molecule has 1 aromatic carbocycles. The van der Waals surface area contributed by atoms with Crippen LogP contribution in [0.5, 0.6) is 5.75 Å². The summed E-state index contributed by atoms with van der Waals surface area (Å²) in [5, 5.41) is 8.29. The lowest BCUT2D eigenvalue weighted by atomic mass is 10.3. The van der Waals surface area contributed by atoms with Crippen LogP contribution in [0.1, 0.15) is 0 Å². The zero-order chi connectivity index (χ0) is 11.3. The number of aliphatic imine (C=N–C) groups is 1. The van der Waals surface area contributed by atoms with Crippen molar-refractivity contribution in [1.29, 1.82) is 0 Å². The van der Waals surface area contributed by atoms with E-state index in [1.807, 2.05) is 0 Å². The van der Waals surface area contributed by atoms with Crippen molar-refractivity contribution in [2.75, 3.05) is 6.61 Å². The number of halogens is 1. The fraction of sp³-hybridized carbons (Fsp3) is 0.111. The lowest BCUT2D eigenvalue weighted by Gasteiger charge is -2.03. The lowest BCUT2D eigenvalue weighted by Crippen LogP contribution is -2.09. The van der Waals surface area contributed by atoms with Crippen molar-refractivity contribution in [2.45, 2.75) is 0 Å². The largest absolute Gasteiger partial charge is 0.482 e. The van der Waals surface area contributed by atoms with E-state index in [-0.39, 0.29) is 11.4 Å². The smallest absolute Gasteiger partial charge is 0.341 e. The molecule has 0 bridgehead atoms. The first-order chi connectivity index (χ1) is 7.13. The summed E-state index contributed by atoms with van der Waals surface area (Å²) in [5.41, 5.74) is -0.173. The molecule has 0 aliphatic rings. The topological polar surface area (TPSA) is 76.0 Å². The minimum atomic E-state index is -1.16. The van der Waals surface area contributed by atoms with Gasteiger partial charge in [0.25, 0.3) is 0 Å². The van der Waals surface area contributed by atoms with Crippen LogP contribution in [-0.2, 0) is 9.59 Å². The average Bonchev–Trinajstić information content (AvgIpc) is 2.19. The Labute approximate surface area is 83.8 Å². The summed E-state index contributed by atoms with van der Waals surface area (Å²) in [5.74, 6) is -1.88. The molecule has 0 fully saturated rings. The fourth-order valence-corrected chi connectivity index (χ4v) is 0.862. The van der Waals surface area contributed by atoms with Crippen LogP contribution in [0.3, 0.4) is 0 Å². The molecular weight excluding hydrogens is 205 g/mol. The van der Waals surface area contributed by atoms with Crippen LogP contribution in [0, 0.1) is 5.82 Å². The summed E-state index contributed by atoms with van der Waals surface area (Å²) in [6.45, 7) is -0.560. The summed E-state index contributed by atoms with van der Waals surface area (Å²) in [4.78, 5) is 23.1. The molecule has 1 aromatic rings. The summed E-state index contributed by atoms with van der Waals surface area (Å²) in [7, 11) is 0. The molecule has 6 heteroatoms. The van der Waals surface area contributed by atoms with Gasteiger partial charge in [0, 0.05) is 6.07 Å². The van der Waals surface area contributed by atoms with E-state index in [1.165, 1.54) is 18.2 Å². The first kappa shape index (κ1) is 10.9. The van der Waals surface area contributed by atoms with Gasteiger partial charge in [-0.3, -0.25) is 0 Å². The van der Waals surface area contributed by atoms with Crippen molar-refractivity contribution in [2.24, 2.45) is 4.99 Å². The highest BCUT2D eigenvalue weighted by Gasteiger charge is 2.04. The van der Waals surface area contributed by atoms with Crippen LogP contribution in [0.2, 0.25) is 0 Å². The van der Waals surface area contributed by atoms with Crippen LogP contribution in [0.15, 0.2) is 23.2 Å². The monoisotopic (exact) mass is 211 g/mol. The fourth-order valence-electron chi connectivity index (χ4n) is 0.862. The number of carbonyl (C=O) groups excluding carboxylic acids is 1. The highest BCUT2D eigenvalue weighted by molar-refractivity contribution is 5.68. The molecule has 0 heterocycles. The van der Waals surface area contributed by atoms with Gasteiger partial charge in [0.1, 0.15) is 11.4 Å². The van der Waals surface area contributed by atoms with Crippen LogP contribution in [0.4, 0.5) is 10.1 Å². The third-order valence-corrected chi connectivity index (χ3v) is 1.45. The molecule has 0 aliphatic heterocycles. The van der Waals surface area contributed by atoms with E-state index in [4.69, 9.17) is 9.84 Å². The Hall–Kier alpha value is -2.20. The standard InChI is InChI=1S/C9H6FNO4/c10-7-3-6(15-4-9(13)14)1-2-8(7)11-5-12/h1-3H,4H2,(H,13,14). The molecule has 0 radical (unpaired) electrons. The van der Waals surface area contributed by atoms with Gasteiger partial charge < -0.3 is 9.84 Å². The number of ether oxygens (including phenoxy) is 1. The van der Waals surface area contributed by atoms with E-state index >= 15 is 0 Å². The van der Waals surface area contributed by atoms with Crippen molar-refractivity contribution in [3.05, 3.63) is 24.0 Å². The highest BCUT2D eigenvalue weighted by Crippen LogP contribution is 2.22. The Morgan fingerprint density at radius 2 is 2.33 bits per heavy atom. The van der Waals surface area contributed by atoms with Crippen molar-refractivity contribution >= 4 is 17.7 Å². The molecule has 0 unspecified atom stereocenters. The van der Waals surface area contributed by atoms with Gasteiger partial charge in [-0.2, -0.15) is 4.99 Å². The van der Waals surface area contributed by atoms with Gasteiger partial charge in [-0.15, -0.1) is 0 Å². The first-order valence-electron chi connectivity index (χ1n) is 3.85. The van der Waals surface area contributed by atoms with Gasteiger partial charge in [0.05, 0.1) is 0 Å². The summed E-state index contributed by atoms with van der Waals surface area (Å²) in [6.07, 6.45) is 1.19. The highest BCUT2D eigenvalue weighted by atomic mass is 19.1. The van der Waals surface area contributed by atoms with Gasteiger partial charge >= 0.3 is 5.97 Å². The minimum Gasteiger partial charge on any atom is -0.482 e. The van der Waals surface area contributed by atoms with Crippen molar-refractivity contribution in [1.82, 2.24) is 0 Å². The van der Waals surface area contributed by atoms with Crippen LogP contribution in [0.25, 0.3) is 0 Å². The molecule has 0 saturated carbocycles. The van der Waals surface area contributed by atoms with E-state index in [0.717, 1.165) is 6.07 Å². The van der Waals surface area contributed by atoms with Crippen molar-refractivity contribution in [3.8, 4) is 5.75 Å². The Morgan fingerprint density at radius 3 is 2.87 bits per heavy atom. The van der Waals surface area contributed by atoms with Gasteiger partial charge in [-0.05, 0) is 12.1 Å². The average molecular weight is 211 g/mol. The molecule has 1 rings (SSSR count).